The monoisotopic (exact) mass is 142 g/mol. The smallest absolute Gasteiger partial charge is 0.0620 e. The Morgan fingerprint density at radius 1 is 1.30 bits per heavy atom. The van der Waals surface area contributed by atoms with Gasteiger partial charge in [-0.2, -0.15) is 0 Å². The molecule has 0 aliphatic carbocycles. The average Bonchev–Trinajstić information content (AvgIpc) is 2.29. The number of ether oxygens (including phenoxy) is 1. The van der Waals surface area contributed by atoms with Crippen molar-refractivity contribution in [2.75, 3.05) is 26.3 Å². The molecule has 2 fully saturated rings. The molecule has 2 aliphatic rings. The average molecular weight is 142 g/mol. The van der Waals surface area contributed by atoms with E-state index >= 15 is 0 Å². The van der Waals surface area contributed by atoms with E-state index in [0.29, 0.717) is 12.1 Å². The summed E-state index contributed by atoms with van der Waals surface area (Å²) in [6.45, 7) is 4.13. The lowest BCUT2D eigenvalue weighted by atomic mass is 10.1. The van der Waals surface area contributed by atoms with Crippen LogP contribution in [0.5, 0.6) is 0 Å². The predicted molar refractivity (Wildman–Crippen MR) is 39.0 cm³/mol. The summed E-state index contributed by atoms with van der Waals surface area (Å²) in [5.74, 6) is 0. The van der Waals surface area contributed by atoms with Crippen molar-refractivity contribution >= 4 is 0 Å². The molecule has 10 heavy (non-hydrogen) atoms. The lowest BCUT2D eigenvalue weighted by Crippen LogP contribution is -2.58. The van der Waals surface area contributed by atoms with E-state index in [9.17, 15) is 0 Å². The Bertz CT molecular complexity index is 108. The summed E-state index contributed by atoms with van der Waals surface area (Å²) in [6, 6.07) is 1.35. The Balaban J connectivity index is 1.68. The van der Waals surface area contributed by atoms with Crippen LogP contribution in [0.25, 0.3) is 0 Å². The van der Waals surface area contributed by atoms with Gasteiger partial charge in [0.2, 0.25) is 0 Å². The van der Waals surface area contributed by atoms with Gasteiger partial charge in [0.15, 0.2) is 0 Å². The quantitative estimate of drug-likeness (QED) is 0.537. The maximum absolute atomic E-state index is 5.24. The first-order valence-corrected chi connectivity index (χ1v) is 3.99. The third kappa shape index (κ3) is 1.31. The zero-order valence-electron chi connectivity index (χ0n) is 6.10. The maximum atomic E-state index is 5.24. The third-order valence-electron chi connectivity index (χ3n) is 2.18. The number of rotatable bonds is 2. The van der Waals surface area contributed by atoms with Crippen molar-refractivity contribution in [3.05, 3.63) is 0 Å². The molecule has 2 rings (SSSR count). The van der Waals surface area contributed by atoms with Crippen molar-refractivity contribution in [2.24, 2.45) is 0 Å². The SMILES string of the molecule is C1CC(NC2CNC2)CO1. The largest absolute Gasteiger partial charge is 0.380 e. The van der Waals surface area contributed by atoms with Crippen LogP contribution in [0.2, 0.25) is 0 Å². The van der Waals surface area contributed by atoms with Crippen LogP contribution in [0.3, 0.4) is 0 Å². The van der Waals surface area contributed by atoms with Gasteiger partial charge in [-0.1, -0.05) is 0 Å². The lowest BCUT2D eigenvalue weighted by molar-refractivity contribution is 0.185. The van der Waals surface area contributed by atoms with Gasteiger partial charge in [0, 0.05) is 31.8 Å². The van der Waals surface area contributed by atoms with Crippen molar-refractivity contribution < 1.29 is 4.74 Å². The van der Waals surface area contributed by atoms with Crippen LogP contribution < -0.4 is 10.6 Å². The number of hydrogen-bond acceptors (Lipinski definition) is 3. The summed E-state index contributed by atoms with van der Waals surface area (Å²) in [5.41, 5.74) is 0. The highest BCUT2D eigenvalue weighted by molar-refractivity contribution is 4.85. The highest BCUT2D eigenvalue weighted by Gasteiger charge is 2.22. The lowest BCUT2D eigenvalue weighted by Gasteiger charge is -2.30. The first-order valence-electron chi connectivity index (χ1n) is 3.99. The zero-order chi connectivity index (χ0) is 6.81. The molecule has 2 heterocycles. The molecule has 1 unspecified atom stereocenters. The Morgan fingerprint density at radius 2 is 2.20 bits per heavy atom. The van der Waals surface area contributed by atoms with Gasteiger partial charge < -0.3 is 15.4 Å². The van der Waals surface area contributed by atoms with E-state index in [2.05, 4.69) is 10.6 Å². The first-order chi connectivity index (χ1) is 4.95. The molecule has 0 amide bonds. The molecule has 58 valence electrons. The van der Waals surface area contributed by atoms with Crippen LogP contribution >= 0.6 is 0 Å². The van der Waals surface area contributed by atoms with Crippen molar-refractivity contribution in [3.63, 3.8) is 0 Å². The topological polar surface area (TPSA) is 33.3 Å². The summed E-state index contributed by atoms with van der Waals surface area (Å²) in [7, 11) is 0. The first kappa shape index (κ1) is 6.58. The molecule has 0 aromatic rings. The molecule has 1 atom stereocenters. The van der Waals surface area contributed by atoms with E-state index < -0.39 is 0 Å². The third-order valence-corrected chi connectivity index (χ3v) is 2.18. The van der Waals surface area contributed by atoms with Gasteiger partial charge in [-0.3, -0.25) is 0 Å². The summed E-state index contributed by atoms with van der Waals surface area (Å²) in [6.07, 6.45) is 1.19. The molecule has 0 aromatic carbocycles. The fraction of sp³-hybridized carbons (Fsp3) is 1.00. The van der Waals surface area contributed by atoms with Crippen LogP contribution in [-0.4, -0.2) is 38.4 Å². The Hall–Kier alpha value is -0.120. The van der Waals surface area contributed by atoms with Crippen LogP contribution in [0.1, 0.15) is 6.42 Å². The van der Waals surface area contributed by atoms with E-state index in [4.69, 9.17) is 4.74 Å². The molecule has 2 N–H and O–H groups in total. The van der Waals surface area contributed by atoms with Gasteiger partial charge in [0.1, 0.15) is 0 Å². The van der Waals surface area contributed by atoms with Crippen molar-refractivity contribution in [3.8, 4) is 0 Å². The Kier molecular flexibility index (Phi) is 1.88. The predicted octanol–water partition coefficient (Wildman–Crippen LogP) is -0.663. The van der Waals surface area contributed by atoms with Gasteiger partial charge in [0.05, 0.1) is 6.61 Å². The number of nitrogens with one attached hydrogen (secondary N) is 2. The van der Waals surface area contributed by atoms with E-state index in [1.165, 1.54) is 6.42 Å². The van der Waals surface area contributed by atoms with Gasteiger partial charge in [-0.05, 0) is 6.42 Å². The second kappa shape index (κ2) is 2.86. The van der Waals surface area contributed by atoms with E-state index in [-0.39, 0.29) is 0 Å². The van der Waals surface area contributed by atoms with Gasteiger partial charge in [-0.25, -0.2) is 0 Å². The standard InChI is InChI=1S/C7H14N2O/c1-2-10-5-6(1)9-7-3-8-4-7/h6-9H,1-5H2. The van der Waals surface area contributed by atoms with Gasteiger partial charge in [-0.15, -0.1) is 0 Å². The molecule has 0 saturated carbocycles. The summed E-state index contributed by atoms with van der Waals surface area (Å²) >= 11 is 0. The molecule has 2 aliphatic heterocycles. The molecule has 3 nitrogen and oxygen atoms in total. The molecule has 3 heteroatoms. The second-order valence-corrected chi connectivity index (χ2v) is 3.08. The fourth-order valence-corrected chi connectivity index (χ4v) is 1.41. The fourth-order valence-electron chi connectivity index (χ4n) is 1.41. The minimum atomic E-state index is 0.632. The number of hydrogen-bond donors (Lipinski definition) is 2. The molecule has 0 bridgehead atoms. The van der Waals surface area contributed by atoms with Crippen molar-refractivity contribution in [1.82, 2.24) is 10.6 Å². The van der Waals surface area contributed by atoms with E-state index in [1.54, 1.807) is 0 Å². The second-order valence-electron chi connectivity index (χ2n) is 3.08. The van der Waals surface area contributed by atoms with Crippen LogP contribution in [0, 0.1) is 0 Å². The molecular weight excluding hydrogens is 128 g/mol. The van der Waals surface area contributed by atoms with Crippen LogP contribution in [0.15, 0.2) is 0 Å². The summed E-state index contributed by atoms with van der Waals surface area (Å²) in [4.78, 5) is 0. The molecule has 2 saturated heterocycles. The van der Waals surface area contributed by atoms with Gasteiger partial charge >= 0.3 is 0 Å². The van der Waals surface area contributed by atoms with Crippen LogP contribution in [-0.2, 0) is 4.74 Å². The Morgan fingerprint density at radius 3 is 2.70 bits per heavy atom. The summed E-state index contributed by atoms with van der Waals surface area (Å²) in [5, 5.41) is 6.76. The van der Waals surface area contributed by atoms with Crippen molar-refractivity contribution in [2.45, 2.75) is 18.5 Å². The highest BCUT2D eigenvalue weighted by Crippen LogP contribution is 2.05. The summed E-state index contributed by atoms with van der Waals surface area (Å²) < 4.78 is 5.24. The highest BCUT2D eigenvalue weighted by atomic mass is 16.5. The molecular formula is C7H14N2O. The van der Waals surface area contributed by atoms with E-state index in [0.717, 1.165) is 26.3 Å². The van der Waals surface area contributed by atoms with Gasteiger partial charge in [0.25, 0.3) is 0 Å². The zero-order valence-corrected chi connectivity index (χ0v) is 6.10. The Labute approximate surface area is 61.1 Å². The van der Waals surface area contributed by atoms with E-state index in [1.807, 2.05) is 0 Å². The minimum absolute atomic E-state index is 0.632. The molecule has 0 radical (unpaired) electrons. The minimum Gasteiger partial charge on any atom is -0.380 e. The molecule has 0 spiro atoms. The van der Waals surface area contributed by atoms with Crippen molar-refractivity contribution in [1.29, 1.82) is 0 Å². The normalized spacial score (nSPS) is 34.2. The maximum Gasteiger partial charge on any atom is 0.0620 e. The molecule has 0 aromatic heterocycles. The van der Waals surface area contributed by atoms with Crippen LogP contribution in [0.4, 0.5) is 0 Å².